The number of hydrogen-bond acceptors (Lipinski definition) is 4. The maximum atomic E-state index is 12.4. The summed E-state index contributed by atoms with van der Waals surface area (Å²) >= 11 is 1.51. The van der Waals surface area contributed by atoms with E-state index in [1.165, 1.54) is 23.5 Å². The molecule has 0 fully saturated rings. The van der Waals surface area contributed by atoms with E-state index >= 15 is 0 Å². The molecule has 6 heteroatoms. The first-order chi connectivity index (χ1) is 10.9. The van der Waals surface area contributed by atoms with E-state index in [0.29, 0.717) is 11.4 Å². The number of carboxylic acid groups (broad SMARTS) is 1. The van der Waals surface area contributed by atoms with E-state index in [1.807, 2.05) is 38.3 Å². The van der Waals surface area contributed by atoms with Crippen LogP contribution in [0.4, 0.5) is 5.69 Å². The minimum Gasteiger partial charge on any atom is -0.489 e. The van der Waals surface area contributed by atoms with Crippen molar-refractivity contribution in [3.05, 3.63) is 46.2 Å². The van der Waals surface area contributed by atoms with Crippen molar-refractivity contribution in [1.82, 2.24) is 0 Å². The molecule has 2 aromatic rings. The molecule has 0 aliphatic heterocycles. The second-order valence-corrected chi connectivity index (χ2v) is 6.39. The summed E-state index contributed by atoms with van der Waals surface area (Å²) in [6.07, 6.45) is -0.0870. The van der Waals surface area contributed by atoms with Crippen LogP contribution in [0.5, 0.6) is 5.75 Å². The highest BCUT2D eigenvalue weighted by molar-refractivity contribution is 7.10. The van der Waals surface area contributed by atoms with Crippen molar-refractivity contribution in [2.45, 2.75) is 32.8 Å². The topological polar surface area (TPSA) is 75.6 Å². The van der Waals surface area contributed by atoms with Crippen LogP contribution in [0.3, 0.4) is 0 Å². The molecule has 1 amide bonds. The van der Waals surface area contributed by atoms with Gasteiger partial charge in [0.15, 0.2) is 0 Å². The molecule has 5 nitrogen and oxygen atoms in total. The van der Waals surface area contributed by atoms with Crippen LogP contribution in [-0.2, 0) is 4.79 Å². The van der Waals surface area contributed by atoms with E-state index < -0.39 is 5.97 Å². The molecule has 0 saturated carbocycles. The molecule has 2 rings (SSSR count). The van der Waals surface area contributed by atoms with Crippen molar-refractivity contribution in [2.75, 3.05) is 5.32 Å². The lowest BCUT2D eigenvalue weighted by Gasteiger charge is -2.17. The van der Waals surface area contributed by atoms with Crippen LogP contribution < -0.4 is 10.1 Å². The molecule has 1 aromatic heterocycles. The Morgan fingerprint density at radius 2 is 1.96 bits per heavy atom. The highest BCUT2D eigenvalue weighted by Gasteiger charge is 2.19. The van der Waals surface area contributed by atoms with Crippen LogP contribution in [0, 0.1) is 0 Å². The fourth-order valence-corrected chi connectivity index (χ4v) is 2.81. The zero-order chi connectivity index (χ0) is 17.0. The smallest absolute Gasteiger partial charge is 0.335 e. The van der Waals surface area contributed by atoms with Gasteiger partial charge in [0, 0.05) is 4.88 Å². The Bertz CT molecular complexity index is 695. The van der Waals surface area contributed by atoms with Crippen molar-refractivity contribution in [1.29, 1.82) is 0 Å². The van der Waals surface area contributed by atoms with Gasteiger partial charge in [0.25, 0.3) is 0 Å². The van der Waals surface area contributed by atoms with Gasteiger partial charge in [-0.05, 0) is 50.4 Å². The monoisotopic (exact) mass is 333 g/mol. The molecule has 0 aliphatic rings. The summed E-state index contributed by atoms with van der Waals surface area (Å²) in [6.45, 7) is 5.54. The summed E-state index contributed by atoms with van der Waals surface area (Å²) in [7, 11) is 0. The molecule has 1 unspecified atom stereocenters. The lowest BCUT2D eigenvalue weighted by atomic mass is 10.1. The van der Waals surface area contributed by atoms with Gasteiger partial charge in [-0.1, -0.05) is 6.07 Å². The molecule has 1 heterocycles. The number of carbonyl (C=O) groups excluding carboxylic acids is 1. The number of thiophene rings is 1. The van der Waals surface area contributed by atoms with Gasteiger partial charge in [0.2, 0.25) is 5.91 Å². The van der Waals surface area contributed by atoms with Crippen LogP contribution in [0.1, 0.15) is 41.9 Å². The Balaban J connectivity index is 2.26. The highest BCUT2D eigenvalue weighted by Crippen LogP contribution is 2.29. The normalized spacial score (nSPS) is 12.0. The van der Waals surface area contributed by atoms with Crippen LogP contribution in [0.2, 0.25) is 0 Å². The summed E-state index contributed by atoms with van der Waals surface area (Å²) in [5.41, 5.74) is 0.465. The third-order valence-electron chi connectivity index (χ3n) is 3.21. The summed E-state index contributed by atoms with van der Waals surface area (Å²) < 4.78 is 5.65. The third kappa shape index (κ3) is 4.32. The predicted molar refractivity (Wildman–Crippen MR) is 90.5 cm³/mol. The van der Waals surface area contributed by atoms with E-state index in [0.717, 1.165) is 4.88 Å². The number of aromatic carboxylic acids is 1. The molecule has 122 valence electrons. The van der Waals surface area contributed by atoms with Crippen molar-refractivity contribution in [3.63, 3.8) is 0 Å². The number of benzene rings is 1. The van der Waals surface area contributed by atoms with E-state index in [1.54, 1.807) is 6.07 Å². The van der Waals surface area contributed by atoms with Crippen LogP contribution in [0.25, 0.3) is 0 Å². The number of ether oxygens (including phenoxy) is 1. The Labute approximate surface area is 138 Å². The molecule has 1 aromatic carbocycles. The number of nitrogens with one attached hydrogen (secondary N) is 1. The number of amides is 1. The SMILES string of the molecule is CC(C)Oc1ccc(C(=O)O)cc1NC(=O)C(C)c1cccs1. The first-order valence-electron chi connectivity index (χ1n) is 7.26. The molecule has 0 bridgehead atoms. The zero-order valence-electron chi connectivity index (χ0n) is 13.2. The van der Waals surface area contributed by atoms with Crippen LogP contribution >= 0.6 is 11.3 Å². The van der Waals surface area contributed by atoms with Gasteiger partial charge < -0.3 is 15.2 Å². The standard InChI is InChI=1S/C17H19NO4S/c1-10(2)22-14-7-6-12(17(20)21)9-13(14)18-16(19)11(3)15-5-4-8-23-15/h4-11H,1-3H3,(H,18,19)(H,20,21). The minimum atomic E-state index is -1.05. The zero-order valence-corrected chi connectivity index (χ0v) is 14.0. The fraction of sp³-hybridized carbons (Fsp3) is 0.294. The number of carboxylic acids is 1. The van der Waals surface area contributed by atoms with Crippen molar-refractivity contribution in [2.24, 2.45) is 0 Å². The summed E-state index contributed by atoms with van der Waals surface area (Å²) in [4.78, 5) is 24.5. The van der Waals surface area contributed by atoms with Crippen LogP contribution in [0.15, 0.2) is 35.7 Å². The summed E-state index contributed by atoms with van der Waals surface area (Å²) in [5, 5.41) is 13.8. The Morgan fingerprint density at radius 3 is 2.52 bits per heavy atom. The van der Waals surface area contributed by atoms with Gasteiger partial charge in [-0.3, -0.25) is 4.79 Å². The molecule has 23 heavy (non-hydrogen) atoms. The Kier molecular flexibility index (Phi) is 5.39. The first-order valence-corrected chi connectivity index (χ1v) is 8.14. The number of hydrogen-bond donors (Lipinski definition) is 2. The lowest BCUT2D eigenvalue weighted by molar-refractivity contribution is -0.117. The Hall–Kier alpha value is -2.34. The molecule has 0 radical (unpaired) electrons. The highest BCUT2D eigenvalue weighted by atomic mass is 32.1. The van der Waals surface area contributed by atoms with Gasteiger partial charge in [0.1, 0.15) is 5.75 Å². The summed E-state index contributed by atoms with van der Waals surface area (Å²) in [5.74, 6) is -1.13. The minimum absolute atomic E-state index is 0.0870. The van der Waals surface area contributed by atoms with Crippen molar-refractivity contribution in [3.8, 4) is 5.75 Å². The predicted octanol–water partition coefficient (Wildman–Crippen LogP) is 3.98. The fourth-order valence-electron chi connectivity index (χ4n) is 2.03. The van der Waals surface area contributed by atoms with E-state index in [2.05, 4.69) is 5.32 Å². The number of anilines is 1. The average molecular weight is 333 g/mol. The largest absolute Gasteiger partial charge is 0.489 e. The number of carbonyl (C=O) groups is 2. The molecule has 0 saturated heterocycles. The quantitative estimate of drug-likeness (QED) is 0.838. The van der Waals surface area contributed by atoms with Gasteiger partial charge in [0.05, 0.1) is 23.3 Å². The van der Waals surface area contributed by atoms with Gasteiger partial charge in [-0.15, -0.1) is 11.3 Å². The van der Waals surface area contributed by atoms with E-state index in [9.17, 15) is 9.59 Å². The van der Waals surface area contributed by atoms with Crippen LogP contribution in [-0.4, -0.2) is 23.1 Å². The lowest BCUT2D eigenvalue weighted by Crippen LogP contribution is -2.19. The molecule has 2 N–H and O–H groups in total. The van der Waals surface area contributed by atoms with Crippen molar-refractivity contribution < 1.29 is 19.4 Å². The Morgan fingerprint density at radius 1 is 1.22 bits per heavy atom. The first kappa shape index (κ1) is 17.0. The molecular formula is C17H19NO4S. The van der Waals surface area contributed by atoms with E-state index in [-0.39, 0.29) is 23.5 Å². The second kappa shape index (κ2) is 7.28. The van der Waals surface area contributed by atoms with Gasteiger partial charge in [-0.25, -0.2) is 4.79 Å². The second-order valence-electron chi connectivity index (χ2n) is 5.41. The molecule has 0 aliphatic carbocycles. The summed E-state index contributed by atoms with van der Waals surface area (Å²) in [6, 6.07) is 8.22. The average Bonchev–Trinajstić information content (AvgIpc) is 3.01. The number of rotatable bonds is 6. The molecule has 1 atom stereocenters. The maximum absolute atomic E-state index is 12.4. The molecular weight excluding hydrogens is 314 g/mol. The molecule has 0 spiro atoms. The van der Waals surface area contributed by atoms with E-state index in [4.69, 9.17) is 9.84 Å². The van der Waals surface area contributed by atoms with Crippen molar-refractivity contribution >= 4 is 28.9 Å². The van der Waals surface area contributed by atoms with Gasteiger partial charge >= 0.3 is 5.97 Å². The maximum Gasteiger partial charge on any atom is 0.335 e. The third-order valence-corrected chi connectivity index (χ3v) is 4.27. The van der Waals surface area contributed by atoms with Gasteiger partial charge in [-0.2, -0.15) is 0 Å².